The molecular formula is C19H25F3N6O3S. The molecule has 0 radical (unpaired) electrons. The van der Waals surface area contributed by atoms with Gasteiger partial charge in [-0.05, 0) is 25.7 Å². The Morgan fingerprint density at radius 1 is 1.12 bits per heavy atom. The van der Waals surface area contributed by atoms with Gasteiger partial charge in [0.15, 0.2) is 0 Å². The highest BCUT2D eigenvalue weighted by Crippen LogP contribution is 2.36. The molecule has 0 spiro atoms. The smallest absolute Gasteiger partial charge is 0.381 e. The SMILES string of the molecule is CS(=O)(=O)N1CCC(Nc2ncc(C(F)(F)F)c(-c3cnn(C4CCOCC4)c3)n2)CC1. The van der Waals surface area contributed by atoms with Gasteiger partial charge in [-0.1, -0.05) is 0 Å². The van der Waals surface area contributed by atoms with Crippen LogP contribution in [0.3, 0.4) is 0 Å². The largest absolute Gasteiger partial charge is 0.419 e. The summed E-state index contributed by atoms with van der Waals surface area (Å²) >= 11 is 0. The maximum atomic E-state index is 13.6. The van der Waals surface area contributed by atoms with E-state index in [1.54, 1.807) is 10.9 Å². The minimum atomic E-state index is -4.62. The summed E-state index contributed by atoms with van der Waals surface area (Å²) in [5.74, 6) is 0.0737. The lowest BCUT2D eigenvalue weighted by Gasteiger charge is -2.30. The number of sulfonamides is 1. The van der Waals surface area contributed by atoms with Crippen LogP contribution in [0.25, 0.3) is 11.3 Å². The second-order valence-corrected chi connectivity index (χ2v) is 10.1. The van der Waals surface area contributed by atoms with E-state index >= 15 is 0 Å². The van der Waals surface area contributed by atoms with Gasteiger partial charge in [0.1, 0.15) is 5.56 Å². The number of alkyl halides is 3. The van der Waals surface area contributed by atoms with Gasteiger partial charge >= 0.3 is 6.18 Å². The predicted octanol–water partition coefficient (Wildman–Crippen LogP) is 2.55. The van der Waals surface area contributed by atoms with Crippen LogP contribution in [0.1, 0.15) is 37.3 Å². The van der Waals surface area contributed by atoms with Crippen LogP contribution in [-0.2, 0) is 20.9 Å². The van der Waals surface area contributed by atoms with E-state index in [0.717, 1.165) is 25.3 Å². The van der Waals surface area contributed by atoms with Crippen molar-refractivity contribution in [3.63, 3.8) is 0 Å². The van der Waals surface area contributed by atoms with E-state index in [0.29, 0.717) is 39.1 Å². The Morgan fingerprint density at radius 2 is 1.81 bits per heavy atom. The lowest BCUT2D eigenvalue weighted by atomic mass is 10.1. The fourth-order valence-electron chi connectivity index (χ4n) is 4.00. The topological polar surface area (TPSA) is 102 Å². The first-order chi connectivity index (χ1) is 15.1. The van der Waals surface area contributed by atoms with Crippen LogP contribution in [-0.4, -0.2) is 71.1 Å². The molecule has 4 rings (SSSR count). The number of hydrogen-bond acceptors (Lipinski definition) is 7. The van der Waals surface area contributed by atoms with E-state index in [-0.39, 0.29) is 29.3 Å². The van der Waals surface area contributed by atoms with Gasteiger partial charge in [0, 0.05) is 50.3 Å². The minimum Gasteiger partial charge on any atom is -0.381 e. The quantitative estimate of drug-likeness (QED) is 0.711. The van der Waals surface area contributed by atoms with Gasteiger partial charge in [0.05, 0.1) is 24.2 Å². The highest BCUT2D eigenvalue weighted by atomic mass is 32.2. The van der Waals surface area contributed by atoms with E-state index in [9.17, 15) is 21.6 Å². The van der Waals surface area contributed by atoms with Gasteiger partial charge in [0.25, 0.3) is 0 Å². The fourth-order valence-corrected chi connectivity index (χ4v) is 4.88. The molecule has 2 fully saturated rings. The van der Waals surface area contributed by atoms with Crippen LogP contribution in [0.5, 0.6) is 0 Å². The van der Waals surface area contributed by atoms with Gasteiger partial charge in [-0.3, -0.25) is 4.68 Å². The summed E-state index contributed by atoms with van der Waals surface area (Å²) < 4.78 is 72.6. The molecule has 2 saturated heterocycles. The van der Waals surface area contributed by atoms with E-state index < -0.39 is 21.8 Å². The molecule has 2 aliphatic rings. The summed E-state index contributed by atoms with van der Waals surface area (Å²) in [6, 6.07) is -0.0613. The molecule has 0 bridgehead atoms. The van der Waals surface area contributed by atoms with E-state index in [1.165, 1.54) is 10.5 Å². The van der Waals surface area contributed by atoms with Crippen molar-refractivity contribution in [2.75, 3.05) is 37.9 Å². The molecule has 2 aliphatic heterocycles. The summed E-state index contributed by atoms with van der Waals surface area (Å²) in [7, 11) is -3.26. The normalized spacial score (nSPS) is 19.9. The number of nitrogens with zero attached hydrogens (tertiary/aromatic N) is 5. The zero-order chi connectivity index (χ0) is 22.9. The Labute approximate surface area is 184 Å². The summed E-state index contributed by atoms with van der Waals surface area (Å²) in [5.41, 5.74) is -0.899. The standard InChI is InChI=1S/C19H25F3N6O3S/c1-32(29,30)27-6-2-14(3-7-27)25-18-23-11-16(19(20,21)22)17(26-18)13-10-24-28(12-13)15-4-8-31-9-5-15/h10-12,14-15H,2-9H2,1H3,(H,23,25,26). The lowest BCUT2D eigenvalue weighted by molar-refractivity contribution is -0.137. The molecule has 0 aliphatic carbocycles. The molecule has 176 valence electrons. The van der Waals surface area contributed by atoms with E-state index in [1.807, 2.05) is 0 Å². The van der Waals surface area contributed by atoms with Crippen LogP contribution in [0.15, 0.2) is 18.6 Å². The fraction of sp³-hybridized carbons (Fsp3) is 0.632. The first-order valence-corrected chi connectivity index (χ1v) is 12.2. The first kappa shape index (κ1) is 22.9. The third-order valence-corrected chi connectivity index (χ3v) is 7.09. The Bertz CT molecular complexity index is 1040. The predicted molar refractivity (Wildman–Crippen MR) is 110 cm³/mol. The van der Waals surface area contributed by atoms with Gasteiger partial charge in [-0.2, -0.15) is 18.3 Å². The van der Waals surface area contributed by atoms with Crippen molar-refractivity contribution in [3.05, 3.63) is 24.2 Å². The van der Waals surface area contributed by atoms with Crippen LogP contribution in [0, 0.1) is 0 Å². The van der Waals surface area contributed by atoms with Gasteiger partial charge in [-0.15, -0.1) is 0 Å². The highest BCUT2D eigenvalue weighted by Gasteiger charge is 2.36. The zero-order valence-corrected chi connectivity index (χ0v) is 18.4. The summed E-state index contributed by atoms with van der Waals surface area (Å²) in [6.45, 7) is 1.85. The molecule has 0 saturated carbocycles. The maximum Gasteiger partial charge on any atom is 0.419 e. The molecule has 0 aromatic carbocycles. The number of nitrogens with one attached hydrogen (secondary N) is 1. The molecule has 2 aromatic rings. The second kappa shape index (κ2) is 8.94. The van der Waals surface area contributed by atoms with Crippen LogP contribution >= 0.6 is 0 Å². The molecule has 32 heavy (non-hydrogen) atoms. The van der Waals surface area contributed by atoms with Crippen molar-refractivity contribution in [2.24, 2.45) is 0 Å². The minimum absolute atomic E-state index is 0.0737. The summed E-state index contributed by atoms with van der Waals surface area (Å²) in [4.78, 5) is 8.05. The molecule has 13 heteroatoms. The van der Waals surface area contributed by atoms with Crippen molar-refractivity contribution in [1.82, 2.24) is 24.1 Å². The van der Waals surface area contributed by atoms with Crippen molar-refractivity contribution in [2.45, 2.75) is 43.9 Å². The van der Waals surface area contributed by atoms with Crippen LogP contribution < -0.4 is 5.32 Å². The monoisotopic (exact) mass is 474 g/mol. The molecule has 2 aromatic heterocycles. The molecule has 1 N–H and O–H groups in total. The van der Waals surface area contributed by atoms with Crippen molar-refractivity contribution in [1.29, 1.82) is 0 Å². The summed E-state index contributed by atoms with van der Waals surface area (Å²) in [6.07, 6.45) is 2.81. The number of rotatable bonds is 5. The number of ether oxygens (including phenoxy) is 1. The lowest BCUT2D eigenvalue weighted by Crippen LogP contribution is -2.42. The number of halogens is 3. The average Bonchev–Trinajstić information content (AvgIpc) is 3.24. The van der Waals surface area contributed by atoms with E-state index in [2.05, 4.69) is 20.4 Å². The van der Waals surface area contributed by atoms with Crippen molar-refractivity contribution >= 4 is 16.0 Å². The van der Waals surface area contributed by atoms with Gasteiger partial charge in [-0.25, -0.2) is 22.7 Å². The molecule has 0 amide bonds. The van der Waals surface area contributed by atoms with Gasteiger partial charge in [0.2, 0.25) is 16.0 Å². The van der Waals surface area contributed by atoms with Crippen molar-refractivity contribution < 1.29 is 26.3 Å². The zero-order valence-electron chi connectivity index (χ0n) is 17.5. The Morgan fingerprint density at radius 3 is 2.44 bits per heavy atom. The number of piperidine rings is 1. The molecule has 0 atom stereocenters. The highest BCUT2D eigenvalue weighted by molar-refractivity contribution is 7.88. The second-order valence-electron chi connectivity index (χ2n) is 8.09. The Balaban J connectivity index is 1.55. The average molecular weight is 475 g/mol. The molecule has 4 heterocycles. The molecule has 0 unspecified atom stereocenters. The van der Waals surface area contributed by atoms with Crippen molar-refractivity contribution in [3.8, 4) is 11.3 Å². The van der Waals surface area contributed by atoms with Crippen LogP contribution in [0.4, 0.5) is 19.1 Å². The number of anilines is 1. The first-order valence-electron chi connectivity index (χ1n) is 10.4. The van der Waals surface area contributed by atoms with E-state index in [4.69, 9.17) is 4.74 Å². The molecule has 9 nitrogen and oxygen atoms in total. The number of aromatic nitrogens is 4. The molecular weight excluding hydrogens is 449 g/mol. The summed E-state index contributed by atoms with van der Waals surface area (Å²) in [5, 5.41) is 7.32. The van der Waals surface area contributed by atoms with Gasteiger partial charge < -0.3 is 10.1 Å². The Hall–Kier alpha value is -2.25. The third-order valence-electron chi connectivity index (χ3n) is 5.79. The third kappa shape index (κ3) is 5.21. The number of hydrogen-bond donors (Lipinski definition) is 1. The Kier molecular flexibility index (Phi) is 6.41. The van der Waals surface area contributed by atoms with Crippen LogP contribution in [0.2, 0.25) is 0 Å². The maximum absolute atomic E-state index is 13.6.